The van der Waals surface area contributed by atoms with E-state index in [2.05, 4.69) is 21.2 Å². The molecule has 0 bridgehead atoms. The van der Waals surface area contributed by atoms with Crippen LogP contribution in [0.1, 0.15) is 31.4 Å². The highest BCUT2D eigenvalue weighted by Crippen LogP contribution is 2.21. The molecule has 112 valence electrons. The Morgan fingerprint density at radius 1 is 1.38 bits per heavy atom. The Bertz CT molecular complexity index is 610. The molecular formula is C16H19BrN2O2. The quantitative estimate of drug-likeness (QED) is 0.833. The summed E-state index contributed by atoms with van der Waals surface area (Å²) in [6, 6.07) is 9.34. The molecule has 5 heteroatoms. The number of anilines is 1. The number of hydrogen-bond donors (Lipinski definition) is 2. The van der Waals surface area contributed by atoms with Crippen LogP contribution in [0, 0.1) is 0 Å². The SMILES string of the molecule is CCCC(O)c1ccn(CC(=O)Nc2ccccc2Br)c1. The van der Waals surface area contributed by atoms with Gasteiger partial charge in [-0.05, 0) is 46.1 Å². The van der Waals surface area contributed by atoms with Crippen molar-refractivity contribution in [1.29, 1.82) is 0 Å². The molecular weight excluding hydrogens is 332 g/mol. The van der Waals surface area contributed by atoms with Crippen molar-refractivity contribution < 1.29 is 9.90 Å². The first-order valence-electron chi connectivity index (χ1n) is 6.98. The predicted octanol–water partition coefficient (Wildman–Crippen LogP) is 3.72. The number of aromatic nitrogens is 1. The highest BCUT2D eigenvalue weighted by molar-refractivity contribution is 9.10. The molecule has 0 saturated carbocycles. The number of nitrogens with zero attached hydrogens (tertiary/aromatic N) is 1. The van der Waals surface area contributed by atoms with Crippen LogP contribution in [-0.4, -0.2) is 15.6 Å². The molecule has 2 rings (SSSR count). The monoisotopic (exact) mass is 350 g/mol. The van der Waals surface area contributed by atoms with Crippen LogP contribution in [0.5, 0.6) is 0 Å². The smallest absolute Gasteiger partial charge is 0.244 e. The van der Waals surface area contributed by atoms with E-state index in [9.17, 15) is 9.90 Å². The van der Waals surface area contributed by atoms with Gasteiger partial charge in [0.2, 0.25) is 5.91 Å². The van der Waals surface area contributed by atoms with Crippen LogP contribution in [0.4, 0.5) is 5.69 Å². The summed E-state index contributed by atoms with van der Waals surface area (Å²) < 4.78 is 2.63. The van der Waals surface area contributed by atoms with Gasteiger partial charge in [0, 0.05) is 16.9 Å². The summed E-state index contributed by atoms with van der Waals surface area (Å²) in [5.41, 5.74) is 1.60. The molecule has 1 amide bonds. The number of halogens is 1. The largest absolute Gasteiger partial charge is 0.388 e. The summed E-state index contributed by atoms with van der Waals surface area (Å²) >= 11 is 3.40. The Kier molecular flexibility index (Phi) is 5.59. The second-order valence-corrected chi connectivity index (χ2v) is 5.80. The van der Waals surface area contributed by atoms with Crippen LogP contribution in [0.3, 0.4) is 0 Å². The summed E-state index contributed by atoms with van der Waals surface area (Å²) in [6.45, 7) is 2.26. The molecule has 2 N–H and O–H groups in total. The number of aliphatic hydroxyl groups excluding tert-OH is 1. The molecule has 0 aliphatic heterocycles. The van der Waals surface area contributed by atoms with Gasteiger partial charge < -0.3 is 15.0 Å². The van der Waals surface area contributed by atoms with E-state index in [1.807, 2.05) is 49.6 Å². The summed E-state index contributed by atoms with van der Waals surface area (Å²) in [5.74, 6) is -0.103. The molecule has 4 nitrogen and oxygen atoms in total. The first-order chi connectivity index (χ1) is 10.1. The highest BCUT2D eigenvalue weighted by Gasteiger charge is 2.10. The molecule has 1 unspecified atom stereocenters. The van der Waals surface area contributed by atoms with Crippen LogP contribution < -0.4 is 5.32 Å². The van der Waals surface area contributed by atoms with Crippen molar-refractivity contribution in [2.75, 3.05) is 5.32 Å². The molecule has 0 saturated heterocycles. The standard InChI is InChI=1S/C16H19BrN2O2/c1-2-5-15(20)12-8-9-19(10-12)11-16(21)18-14-7-4-3-6-13(14)17/h3-4,6-10,15,20H,2,5,11H2,1H3,(H,18,21). The Morgan fingerprint density at radius 2 is 2.14 bits per heavy atom. The lowest BCUT2D eigenvalue weighted by molar-refractivity contribution is -0.116. The summed E-state index contributed by atoms with van der Waals surface area (Å²) in [4.78, 5) is 12.0. The first-order valence-corrected chi connectivity index (χ1v) is 7.77. The van der Waals surface area contributed by atoms with E-state index >= 15 is 0 Å². The highest BCUT2D eigenvalue weighted by atomic mass is 79.9. The average molecular weight is 351 g/mol. The van der Waals surface area contributed by atoms with Gasteiger partial charge in [-0.15, -0.1) is 0 Å². The zero-order valence-electron chi connectivity index (χ0n) is 11.9. The molecule has 0 aliphatic rings. The fraction of sp³-hybridized carbons (Fsp3) is 0.312. The van der Waals surface area contributed by atoms with Crippen molar-refractivity contribution in [2.24, 2.45) is 0 Å². The third kappa shape index (κ3) is 4.44. The maximum atomic E-state index is 12.0. The van der Waals surface area contributed by atoms with Crippen molar-refractivity contribution in [3.8, 4) is 0 Å². The lowest BCUT2D eigenvalue weighted by Crippen LogP contribution is -2.18. The van der Waals surface area contributed by atoms with Crippen LogP contribution in [0.25, 0.3) is 0 Å². The fourth-order valence-corrected chi connectivity index (χ4v) is 2.50. The number of carbonyl (C=O) groups excluding carboxylic acids is 1. The topological polar surface area (TPSA) is 54.3 Å². The van der Waals surface area contributed by atoms with Gasteiger partial charge in [0.25, 0.3) is 0 Å². The number of para-hydroxylation sites is 1. The van der Waals surface area contributed by atoms with Crippen molar-refractivity contribution in [3.05, 3.63) is 52.8 Å². The van der Waals surface area contributed by atoms with Gasteiger partial charge >= 0.3 is 0 Å². The Morgan fingerprint density at radius 3 is 2.86 bits per heavy atom. The fourth-order valence-electron chi connectivity index (χ4n) is 2.11. The van der Waals surface area contributed by atoms with Crippen LogP contribution in [-0.2, 0) is 11.3 Å². The number of carbonyl (C=O) groups is 1. The molecule has 0 radical (unpaired) electrons. The minimum atomic E-state index is -0.456. The minimum Gasteiger partial charge on any atom is -0.388 e. The van der Waals surface area contributed by atoms with Crippen molar-refractivity contribution in [2.45, 2.75) is 32.4 Å². The Hall–Kier alpha value is -1.59. The maximum absolute atomic E-state index is 12.0. The van der Waals surface area contributed by atoms with Crippen LogP contribution in [0.15, 0.2) is 47.2 Å². The van der Waals surface area contributed by atoms with Crippen molar-refractivity contribution in [1.82, 2.24) is 4.57 Å². The summed E-state index contributed by atoms with van der Waals surface area (Å²) in [5, 5.41) is 12.8. The van der Waals surface area contributed by atoms with E-state index in [4.69, 9.17) is 0 Å². The Balaban J connectivity index is 1.96. The van der Waals surface area contributed by atoms with Gasteiger partial charge in [0.1, 0.15) is 6.54 Å². The molecule has 1 aromatic carbocycles. The molecule has 1 aromatic heterocycles. The predicted molar refractivity (Wildman–Crippen MR) is 87.1 cm³/mol. The third-order valence-electron chi connectivity index (χ3n) is 3.19. The van der Waals surface area contributed by atoms with Gasteiger partial charge in [-0.25, -0.2) is 0 Å². The van der Waals surface area contributed by atoms with E-state index in [0.29, 0.717) is 0 Å². The van der Waals surface area contributed by atoms with E-state index in [-0.39, 0.29) is 12.5 Å². The first kappa shape index (κ1) is 15.8. The van der Waals surface area contributed by atoms with Gasteiger partial charge in [0.15, 0.2) is 0 Å². The van der Waals surface area contributed by atoms with E-state index < -0.39 is 6.10 Å². The molecule has 0 fully saturated rings. The lowest BCUT2D eigenvalue weighted by Gasteiger charge is -2.08. The molecule has 21 heavy (non-hydrogen) atoms. The van der Waals surface area contributed by atoms with Gasteiger partial charge in [-0.1, -0.05) is 25.5 Å². The van der Waals surface area contributed by atoms with E-state index in [0.717, 1.165) is 28.6 Å². The van der Waals surface area contributed by atoms with Gasteiger partial charge in [-0.3, -0.25) is 4.79 Å². The van der Waals surface area contributed by atoms with Gasteiger partial charge in [0.05, 0.1) is 11.8 Å². The lowest BCUT2D eigenvalue weighted by atomic mass is 10.1. The molecule has 0 aliphatic carbocycles. The number of rotatable bonds is 6. The number of aliphatic hydroxyl groups is 1. The molecule has 1 atom stereocenters. The van der Waals surface area contributed by atoms with Crippen LogP contribution in [0.2, 0.25) is 0 Å². The van der Waals surface area contributed by atoms with E-state index in [1.165, 1.54) is 0 Å². The Labute approximate surface area is 132 Å². The van der Waals surface area contributed by atoms with Crippen molar-refractivity contribution in [3.63, 3.8) is 0 Å². The molecule has 0 spiro atoms. The van der Waals surface area contributed by atoms with E-state index in [1.54, 1.807) is 4.57 Å². The second-order valence-electron chi connectivity index (χ2n) is 4.95. The number of benzene rings is 1. The summed E-state index contributed by atoms with van der Waals surface area (Å²) in [6.07, 6.45) is 4.83. The number of nitrogens with one attached hydrogen (secondary N) is 1. The normalized spacial score (nSPS) is 12.1. The van der Waals surface area contributed by atoms with Gasteiger partial charge in [-0.2, -0.15) is 0 Å². The molecule has 2 aromatic rings. The average Bonchev–Trinajstić information content (AvgIpc) is 2.90. The zero-order chi connectivity index (χ0) is 15.2. The zero-order valence-corrected chi connectivity index (χ0v) is 13.5. The second kappa shape index (κ2) is 7.43. The van der Waals surface area contributed by atoms with Crippen LogP contribution >= 0.6 is 15.9 Å². The van der Waals surface area contributed by atoms with Crippen molar-refractivity contribution >= 4 is 27.5 Å². The number of amides is 1. The number of hydrogen-bond acceptors (Lipinski definition) is 2. The minimum absolute atomic E-state index is 0.103. The summed E-state index contributed by atoms with van der Waals surface area (Å²) in [7, 11) is 0. The molecule has 1 heterocycles. The third-order valence-corrected chi connectivity index (χ3v) is 3.89. The maximum Gasteiger partial charge on any atom is 0.244 e.